The summed E-state index contributed by atoms with van der Waals surface area (Å²) in [4.78, 5) is 14.2. The zero-order valence-corrected chi connectivity index (χ0v) is 13.3. The van der Waals surface area contributed by atoms with Crippen LogP contribution in [0.1, 0.15) is 38.5 Å². The van der Waals surface area contributed by atoms with Crippen LogP contribution in [0.3, 0.4) is 0 Å². The highest BCUT2D eigenvalue weighted by Gasteiger charge is 2.24. The fraction of sp³-hybridized carbons (Fsp3) is 0.556. The molecule has 124 valence electrons. The molecule has 4 nitrogen and oxygen atoms in total. The van der Waals surface area contributed by atoms with Gasteiger partial charge < -0.3 is 9.64 Å². The van der Waals surface area contributed by atoms with Crippen molar-refractivity contribution < 1.29 is 13.9 Å². The van der Waals surface area contributed by atoms with E-state index in [0.29, 0.717) is 25.2 Å². The van der Waals surface area contributed by atoms with E-state index in [1.54, 1.807) is 12.1 Å². The number of hydrogen-bond donors (Lipinski definition) is 0. The van der Waals surface area contributed by atoms with E-state index < -0.39 is 5.92 Å². The summed E-state index contributed by atoms with van der Waals surface area (Å²) < 4.78 is 18.5. The molecule has 0 radical (unpaired) electrons. The van der Waals surface area contributed by atoms with Crippen molar-refractivity contribution in [3.8, 4) is 11.8 Å². The summed E-state index contributed by atoms with van der Waals surface area (Å²) in [6.07, 6.45) is 5.42. The van der Waals surface area contributed by atoms with Crippen LogP contribution in [0.4, 0.5) is 4.39 Å². The van der Waals surface area contributed by atoms with E-state index in [0.717, 1.165) is 38.8 Å². The molecule has 1 unspecified atom stereocenters. The fourth-order valence-corrected chi connectivity index (χ4v) is 2.79. The van der Waals surface area contributed by atoms with Crippen LogP contribution in [0.5, 0.6) is 5.75 Å². The number of amides is 1. The minimum atomic E-state index is -0.607. The van der Waals surface area contributed by atoms with E-state index in [4.69, 9.17) is 4.74 Å². The molecule has 0 bridgehead atoms. The van der Waals surface area contributed by atoms with Gasteiger partial charge in [-0.25, -0.2) is 4.39 Å². The van der Waals surface area contributed by atoms with E-state index >= 15 is 0 Å². The second-order valence-electron chi connectivity index (χ2n) is 5.87. The van der Waals surface area contributed by atoms with Crippen molar-refractivity contribution >= 4 is 5.91 Å². The van der Waals surface area contributed by atoms with Crippen molar-refractivity contribution in [2.24, 2.45) is 5.92 Å². The molecule has 1 saturated heterocycles. The highest BCUT2D eigenvalue weighted by molar-refractivity contribution is 5.81. The minimum absolute atomic E-state index is 0.0554. The highest BCUT2D eigenvalue weighted by Crippen LogP contribution is 2.17. The van der Waals surface area contributed by atoms with Crippen molar-refractivity contribution in [2.45, 2.75) is 38.5 Å². The van der Waals surface area contributed by atoms with Crippen LogP contribution in [0.25, 0.3) is 0 Å². The quantitative estimate of drug-likeness (QED) is 0.754. The molecule has 1 aliphatic heterocycles. The Morgan fingerprint density at radius 1 is 1.30 bits per heavy atom. The molecule has 1 heterocycles. The Balaban J connectivity index is 1.76. The maximum absolute atomic E-state index is 13.0. The van der Waals surface area contributed by atoms with Gasteiger partial charge in [-0.2, -0.15) is 5.26 Å². The Morgan fingerprint density at radius 3 is 2.70 bits per heavy atom. The summed E-state index contributed by atoms with van der Waals surface area (Å²) in [5.41, 5.74) is 0. The topological polar surface area (TPSA) is 53.3 Å². The third kappa shape index (κ3) is 5.55. The molecule has 0 aromatic heterocycles. The third-order valence-electron chi connectivity index (χ3n) is 4.07. The van der Waals surface area contributed by atoms with Gasteiger partial charge in [0.05, 0.1) is 12.7 Å². The van der Waals surface area contributed by atoms with Crippen LogP contribution in [-0.4, -0.2) is 30.5 Å². The zero-order chi connectivity index (χ0) is 16.5. The lowest BCUT2D eigenvalue weighted by molar-refractivity contribution is -0.133. The average Bonchev–Trinajstić information content (AvgIpc) is 2.84. The number of hydrogen-bond acceptors (Lipinski definition) is 3. The van der Waals surface area contributed by atoms with E-state index in [1.165, 1.54) is 12.1 Å². The fourth-order valence-electron chi connectivity index (χ4n) is 2.79. The van der Waals surface area contributed by atoms with Crippen LogP contribution < -0.4 is 4.74 Å². The lowest BCUT2D eigenvalue weighted by Gasteiger charge is -2.22. The van der Waals surface area contributed by atoms with Crippen LogP contribution in [0.15, 0.2) is 24.3 Å². The number of ether oxygens (including phenoxy) is 1. The highest BCUT2D eigenvalue weighted by atomic mass is 19.1. The zero-order valence-electron chi connectivity index (χ0n) is 13.3. The molecular weight excluding hydrogens is 295 g/mol. The molecule has 1 aliphatic rings. The van der Waals surface area contributed by atoms with E-state index in [-0.39, 0.29) is 11.7 Å². The maximum atomic E-state index is 13.0. The number of halogens is 1. The van der Waals surface area contributed by atoms with Gasteiger partial charge in [0.15, 0.2) is 0 Å². The van der Waals surface area contributed by atoms with Crippen molar-refractivity contribution in [1.82, 2.24) is 4.90 Å². The van der Waals surface area contributed by atoms with Gasteiger partial charge in [-0.05, 0) is 37.8 Å². The van der Waals surface area contributed by atoms with Gasteiger partial charge in [0, 0.05) is 19.2 Å². The lowest BCUT2D eigenvalue weighted by atomic mass is 10.0. The molecule has 1 aromatic carbocycles. The summed E-state index contributed by atoms with van der Waals surface area (Å²) in [5.74, 6) is -0.532. The standard InChI is InChI=1S/C18H23FN2O2/c19-16-8-5-9-17(13-16)23-12-6-7-15(14-20)18(22)21-10-3-1-2-4-11-21/h5,8-9,13,15H,1-4,6-7,10-12H2. The predicted octanol–water partition coefficient (Wildman–Crippen LogP) is 3.53. The molecular formula is C18H23FN2O2. The van der Waals surface area contributed by atoms with Crippen molar-refractivity contribution in [1.29, 1.82) is 5.26 Å². The van der Waals surface area contributed by atoms with Crippen LogP contribution in [0, 0.1) is 23.1 Å². The molecule has 0 saturated carbocycles. The largest absolute Gasteiger partial charge is 0.493 e. The first-order valence-corrected chi connectivity index (χ1v) is 8.27. The molecule has 0 aliphatic carbocycles. The first kappa shape index (κ1) is 17.3. The van der Waals surface area contributed by atoms with E-state index in [9.17, 15) is 14.4 Å². The molecule has 2 rings (SSSR count). The number of nitrogens with zero attached hydrogens (tertiary/aromatic N) is 2. The van der Waals surface area contributed by atoms with Gasteiger partial charge >= 0.3 is 0 Å². The second-order valence-corrected chi connectivity index (χ2v) is 5.87. The predicted molar refractivity (Wildman–Crippen MR) is 85.3 cm³/mol. The number of carbonyl (C=O) groups is 1. The molecule has 1 aromatic rings. The van der Waals surface area contributed by atoms with Crippen LogP contribution in [-0.2, 0) is 4.79 Å². The molecule has 1 fully saturated rings. The Kier molecular flexibility index (Phi) is 6.86. The lowest BCUT2D eigenvalue weighted by Crippen LogP contribution is -2.36. The first-order chi connectivity index (χ1) is 11.2. The van der Waals surface area contributed by atoms with Gasteiger partial charge in [0.1, 0.15) is 17.5 Å². The van der Waals surface area contributed by atoms with Gasteiger partial charge in [-0.15, -0.1) is 0 Å². The Morgan fingerprint density at radius 2 is 2.04 bits per heavy atom. The second kappa shape index (κ2) is 9.14. The van der Waals surface area contributed by atoms with Crippen molar-refractivity contribution in [2.75, 3.05) is 19.7 Å². The first-order valence-electron chi connectivity index (χ1n) is 8.27. The monoisotopic (exact) mass is 318 g/mol. The summed E-state index contributed by atoms with van der Waals surface area (Å²) in [6, 6.07) is 8.08. The normalized spacial score (nSPS) is 16.3. The van der Waals surface area contributed by atoms with Crippen LogP contribution >= 0.6 is 0 Å². The summed E-state index contributed by atoms with van der Waals surface area (Å²) in [6.45, 7) is 1.89. The Labute approximate surface area is 136 Å². The Bertz CT molecular complexity index is 548. The smallest absolute Gasteiger partial charge is 0.239 e. The van der Waals surface area contributed by atoms with Crippen molar-refractivity contribution in [3.05, 3.63) is 30.1 Å². The van der Waals surface area contributed by atoms with Gasteiger partial charge in [-0.3, -0.25) is 4.79 Å². The average molecular weight is 318 g/mol. The van der Waals surface area contributed by atoms with E-state index in [2.05, 4.69) is 6.07 Å². The molecule has 5 heteroatoms. The van der Waals surface area contributed by atoms with Crippen LogP contribution in [0.2, 0.25) is 0 Å². The number of carbonyl (C=O) groups excluding carboxylic acids is 1. The minimum Gasteiger partial charge on any atom is -0.493 e. The summed E-state index contributed by atoms with van der Waals surface area (Å²) in [7, 11) is 0. The molecule has 0 spiro atoms. The number of nitriles is 1. The van der Waals surface area contributed by atoms with Gasteiger partial charge in [0.25, 0.3) is 0 Å². The van der Waals surface area contributed by atoms with Gasteiger partial charge in [-0.1, -0.05) is 18.9 Å². The molecule has 1 amide bonds. The van der Waals surface area contributed by atoms with E-state index in [1.807, 2.05) is 4.90 Å². The molecule has 0 N–H and O–H groups in total. The third-order valence-corrected chi connectivity index (χ3v) is 4.07. The van der Waals surface area contributed by atoms with Gasteiger partial charge in [0.2, 0.25) is 5.91 Å². The number of likely N-dealkylation sites (tertiary alicyclic amines) is 1. The van der Waals surface area contributed by atoms with Crippen molar-refractivity contribution in [3.63, 3.8) is 0 Å². The Hall–Kier alpha value is -2.09. The maximum Gasteiger partial charge on any atom is 0.239 e. The summed E-state index contributed by atoms with van der Waals surface area (Å²) >= 11 is 0. The molecule has 1 atom stereocenters. The molecule has 23 heavy (non-hydrogen) atoms. The number of benzene rings is 1. The summed E-state index contributed by atoms with van der Waals surface area (Å²) in [5, 5.41) is 9.26. The number of rotatable bonds is 6. The SMILES string of the molecule is N#CC(CCCOc1cccc(F)c1)C(=O)N1CCCCCC1.